The van der Waals surface area contributed by atoms with Crippen molar-refractivity contribution in [1.29, 1.82) is 5.26 Å². The molecule has 0 saturated heterocycles. The molecule has 0 aliphatic heterocycles. The molecule has 0 spiro atoms. The van der Waals surface area contributed by atoms with Gasteiger partial charge in [0.1, 0.15) is 18.2 Å². The van der Waals surface area contributed by atoms with E-state index in [0.717, 1.165) is 4.57 Å². The topological polar surface area (TPSA) is 96.9 Å². The third kappa shape index (κ3) is 3.57. The van der Waals surface area contributed by atoms with Gasteiger partial charge in [-0.1, -0.05) is 0 Å². The van der Waals surface area contributed by atoms with E-state index in [-0.39, 0.29) is 5.56 Å². The van der Waals surface area contributed by atoms with Gasteiger partial charge in [-0.25, -0.2) is 9.36 Å². The second-order valence-corrected chi connectivity index (χ2v) is 5.41. The molecule has 108 valence electrons. The molecule has 0 fully saturated rings. The highest BCUT2D eigenvalue weighted by Crippen LogP contribution is 1.98. The molecule has 1 rings (SSSR count). The SMILES string of the molecule is CCn1cc(C#N)c(=O)n(CC(=O)NC(C)(C)C)c1=O. The summed E-state index contributed by atoms with van der Waals surface area (Å²) in [5.41, 5.74) is -1.96. The lowest BCUT2D eigenvalue weighted by atomic mass is 10.1. The number of amides is 1. The van der Waals surface area contributed by atoms with Crippen molar-refractivity contribution in [2.45, 2.75) is 46.3 Å². The molecule has 1 N–H and O–H groups in total. The number of nitrogens with zero attached hydrogens (tertiary/aromatic N) is 3. The Morgan fingerprint density at radius 2 is 2.00 bits per heavy atom. The molecule has 1 heterocycles. The molecule has 0 bridgehead atoms. The van der Waals surface area contributed by atoms with Crippen molar-refractivity contribution in [2.24, 2.45) is 0 Å². The Kier molecular flexibility index (Phi) is 4.50. The van der Waals surface area contributed by atoms with Gasteiger partial charge in [0.2, 0.25) is 5.91 Å². The summed E-state index contributed by atoms with van der Waals surface area (Å²) < 4.78 is 2.01. The second kappa shape index (κ2) is 5.74. The summed E-state index contributed by atoms with van der Waals surface area (Å²) in [5, 5.41) is 11.6. The van der Waals surface area contributed by atoms with Gasteiger partial charge in [-0.3, -0.25) is 14.2 Å². The summed E-state index contributed by atoms with van der Waals surface area (Å²) in [5.74, 6) is -0.450. The number of rotatable bonds is 3. The summed E-state index contributed by atoms with van der Waals surface area (Å²) >= 11 is 0. The first-order valence-electron chi connectivity index (χ1n) is 6.25. The Hall–Kier alpha value is -2.36. The minimum Gasteiger partial charge on any atom is -0.350 e. The van der Waals surface area contributed by atoms with Crippen LogP contribution in [0.4, 0.5) is 0 Å². The first kappa shape index (κ1) is 15.7. The Bertz CT molecular complexity index is 671. The monoisotopic (exact) mass is 278 g/mol. The summed E-state index contributed by atoms with van der Waals surface area (Å²) in [6.45, 7) is 7.02. The average molecular weight is 278 g/mol. The number of carbonyl (C=O) groups is 1. The maximum atomic E-state index is 12.0. The largest absolute Gasteiger partial charge is 0.350 e. The van der Waals surface area contributed by atoms with Crippen LogP contribution in [0, 0.1) is 11.3 Å². The minimum absolute atomic E-state index is 0.157. The van der Waals surface area contributed by atoms with Crippen LogP contribution in [0.1, 0.15) is 33.3 Å². The van der Waals surface area contributed by atoms with Gasteiger partial charge in [0.15, 0.2) is 0 Å². The van der Waals surface area contributed by atoms with Gasteiger partial charge in [-0.15, -0.1) is 0 Å². The van der Waals surface area contributed by atoms with Gasteiger partial charge in [-0.2, -0.15) is 5.26 Å². The zero-order chi connectivity index (χ0) is 15.5. The van der Waals surface area contributed by atoms with Crippen molar-refractivity contribution in [3.8, 4) is 6.07 Å². The van der Waals surface area contributed by atoms with Crippen molar-refractivity contribution >= 4 is 5.91 Å². The predicted molar refractivity (Wildman–Crippen MR) is 73.2 cm³/mol. The molecule has 0 radical (unpaired) electrons. The molecule has 0 atom stereocenters. The van der Waals surface area contributed by atoms with Gasteiger partial charge in [0.25, 0.3) is 5.56 Å². The Labute approximate surface area is 116 Å². The van der Waals surface area contributed by atoms with Gasteiger partial charge >= 0.3 is 5.69 Å². The quantitative estimate of drug-likeness (QED) is 0.829. The van der Waals surface area contributed by atoms with Crippen LogP contribution >= 0.6 is 0 Å². The molecule has 1 aromatic rings. The molecule has 7 nitrogen and oxygen atoms in total. The highest BCUT2D eigenvalue weighted by Gasteiger charge is 2.17. The fourth-order valence-corrected chi connectivity index (χ4v) is 1.70. The predicted octanol–water partition coefficient (Wildman–Crippen LogP) is -0.184. The van der Waals surface area contributed by atoms with E-state index in [1.54, 1.807) is 33.8 Å². The molecule has 1 amide bonds. The number of carbonyl (C=O) groups excluding carboxylic acids is 1. The summed E-state index contributed by atoms with van der Waals surface area (Å²) in [6, 6.07) is 1.73. The van der Waals surface area contributed by atoms with Gasteiger partial charge < -0.3 is 5.32 Å². The summed E-state index contributed by atoms with van der Waals surface area (Å²) in [7, 11) is 0. The number of aryl methyl sites for hydroxylation is 1. The fourth-order valence-electron chi connectivity index (χ4n) is 1.70. The molecule has 20 heavy (non-hydrogen) atoms. The number of hydrogen-bond donors (Lipinski definition) is 1. The van der Waals surface area contributed by atoms with Crippen LogP contribution in [-0.4, -0.2) is 20.6 Å². The highest BCUT2D eigenvalue weighted by atomic mass is 16.2. The lowest BCUT2D eigenvalue weighted by Crippen LogP contribution is -2.48. The first-order chi connectivity index (χ1) is 9.19. The van der Waals surface area contributed by atoms with Gasteiger partial charge in [-0.05, 0) is 27.7 Å². The van der Waals surface area contributed by atoms with Crippen LogP contribution in [0.3, 0.4) is 0 Å². The molecule has 7 heteroatoms. The van der Waals surface area contributed by atoms with Gasteiger partial charge in [0.05, 0.1) is 0 Å². The van der Waals surface area contributed by atoms with Crippen molar-refractivity contribution < 1.29 is 4.79 Å². The van der Waals surface area contributed by atoms with Crippen LogP contribution in [-0.2, 0) is 17.9 Å². The third-order valence-corrected chi connectivity index (χ3v) is 2.51. The van der Waals surface area contributed by atoms with Crippen molar-refractivity contribution in [3.63, 3.8) is 0 Å². The standard InChI is InChI=1S/C13H18N4O3/c1-5-16-7-9(6-14)11(19)17(12(16)20)8-10(18)15-13(2,3)4/h7H,5,8H2,1-4H3,(H,15,18). The third-order valence-electron chi connectivity index (χ3n) is 2.51. The Morgan fingerprint density at radius 1 is 1.40 bits per heavy atom. The molecule has 1 aromatic heterocycles. The van der Waals surface area contributed by atoms with Crippen LogP contribution in [0.15, 0.2) is 15.8 Å². The maximum Gasteiger partial charge on any atom is 0.331 e. The van der Waals surface area contributed by atoms with E-state index in [9.17, 15) is 14.4 Å². The summed E-state index contributed by atoms with van der Waals surface area (Å²) in [6.07, 6.45) is 1.21. The highest BCUT2D eigenvalue weighted by molar-refractivity contribution is 5.76. The molecule has 0 unspecified atom stereocenters. The average Bonchev–Trinajstić information content (AvgIpc) is 2.33. The Balaban J connectivity index is 3.26. The smallest absolute Gasteiger partial charge is 0.331 e. The zero-order valence-corrected chi connectivity index (χ0v) is 12.1. The Morgan fingerprint density at radius 3 is 2.45 bits per heavy atom. The van der Waals surface area contributed by atoms with E-state index in [0.29, 0.717) is 6.54 Å². The lowest BCUT2D eigenvalue weighted by Gasteiger charge is -2.20. The van der Waals surface area contributed by atoms with E-state index >= 15 is 0 Å². The van der Waals surface area contributed by atoms with E-state index in [1.165, 1.54) is 10.8 Å². The molecular formula is C13H18N4O3. The van der Waals surface area contributed by atoms with E-state index in [2.05, 4.69) is 5.32 Å². The number of aromatic nitrogens is 2. The summed E-state index contributed by atoms with van der Waals surface area (Å²) in [4.78, 5) is 35.8. The van der Waals surface area contributed by atoms with Crippen molar-refractivity contribution in [3.05, 3.63) is 32.6 Å². The van der Waals surface area contributed by atoms with E-state index in [1.807, 2.05) is 0 Å². The number of nitriles is 1. The van der Waals surface area contributed by atoms with Crippen LogP contribution < -0.4 is 16.6 Å². The number of hydrogen-bond acceptors (Lipinski definition) is 4. The minimum atomic E-state index is -0.744. The molecule has 0 saturated carbocycles. The first-order valence-corrected chi connectivity index (χ1v) is 6.25. The normalized spacial score (nSPS) is 10.9. The molecular weight excluding hydrogens is 260 g/mol. The van der Waals surface area contributed by atoms with Crippen molar-refractivity contribution in [1.82, 2.24) is 14.5 Å². The van der Waals surface area contributed by atoms with Gasteiger partial charge in [0, 0.05) is 18.3 Å². The molecule has 0 aromatic carbocycles. The maximum absolute atomic E-state index is 12.0. The van der Waals surface area contributed by atoms with Crippen LogP contribution in [0.5, 0.6) is 0 Å². The van der Waals surface area contributed by atoms with Crippen molar-refractivity contribution in [2.75, 3.05) is 0 Å². The van der Waals surface area contributed by atoms with Crippen LogP contribution in [0.2, 0.25) is 0 Å². The molecule has 0 aliphatic rings. The van der Waals surface area contributed by atoms with E-state index < -0.39 is 29.2 Å². The number of nitrogens with one attached hydrogen (secondary N) is 1. The molecule has 0 aliphatic carbocycles. The second-order valence-electron chi connectivity index (χ2n) is 5.41. The zero-order valence-electron chi connectivity index (χ0n) is 12.1. The fraction of sp³-hybridized carbons (Fsp3) is 0.538. The van der Waals surface area contributed by atoms with E-state index in [4.69, 9.17) is 5.26 Å². The van der Waals surface area contributed by atoms with Crippen LogP contribution in [0.25, 0.3) is 0 Å². The lowest BCUT2D eigenvalue weighted by molar-refractivity contribution is -0.123.